The Balaban J connectivity index is 0.00000316. The third-order valence-corrected chi connectivity index (χ3v) is 8.57. The van der Waals surface area contributed by atoms with Gasteiger partial charge in [0.05, 0.1) is 11.4 Å². The summed E-state index contributed by atoms with van der Waals surface area (Å²) in [6.45, 7) is 13.1. The molecule has 0 amide bonds. The maximum atomic E-state index is 6.64. The van der Waals surface area contributed by atoms with Crippen LogP contribution >= 0.6 is 11.3 Å². The summed E-state index contributed by atoms with van der Waals surface area (Å²) in [6, 6.07) is 29.7. The number of hydrogen-bond donors (Lipinski definition) is 0. The number of nitrogens with zero attached hydrogens (tertiary/aromatic N) is 2. The zero-order valence-corrected chi connectivity index (χ0v) is 27.5. The van der Waals surface area contributed by atoms with Gasteiger partial charge in [-0.2, -0.15) is 23.5 Å². The number of ether oxygens (including phenoxy) is 1. The van der Waals surface area contributed by atoms with Crippen LogP contribution in [0.15, 0.2) is 77.3 Å². The van der Waals surface area contributed by atoms with Crippen molar-refractivity contribution in [2.75, 3.05) is 0 Å². The molecule has 0 bridgehead atoms. The number of benzene rings is 3. The van der Waals surface area contributed by atoms with E-state index in [0.29, 0.717) is 11.6 Å². The van der Waals surface area contributed by atoms with Crippen molar-refractivity contribution in [2.24, 2.45) is 0 Å². The molecule has 7 rings (SSSR count). The molecule has 0 aliphatic carbocycles. The molecular formula is C36H30N2O2PtS. The maximum absolute atomic E-state index is 6.64. The van der Waals surface area contributed by atoms with Crippen LogP contribution in [-0.2, 0) is 31.9 Å². The van der Waals surface area contributed by atoms with Gasteiger partial charge in [-0.15, -0.1) is 17.7 Å². The molecule has 42 heavy (non-hydrogen) atoms. The average Bonchev–Trinajstić information content (AvgIpc) is 3.51. The largest absolute Gasteiger partial charge is 2.00 e. The second kappa shape index (κ2) is 10.3. The van der Waals surface area contributed by atoms with Gasteiger partial charge in [0.25, 0.3) is 0 Å². The first-order chi connectivity index (χ1) is 19.5. The zero-order chi connectivity index (χ0) is 28.5. The van der Waals surface area contributed by atoms with Crippen molar-refractivity contribution >= 4 is 42.7 Å². The molecule has 0 aliphatic rings. The third kappa shape index (κ3) is 5.03. The van der Waals surface area contributed by atoms with E-state index >= 15 is 0 Å². The van der Waals surface area contributed by atoms with Crippen LogP contribution in [0.2, 0.25) is 0 Å². The molecule has 0 spiro atoms. The molecule has 0 saturated carbocycles. The standard InChI is InChI=1S/C36H30N2O2S.Pt/c1-35(2,3)23-16-21(22-18-29-33-31(19-22)41-30-12-9-11-28(40-29)32(30)33)17-24(20-23)39-34-25(36(4,5)6)13-14-27(38-34)26-10-7-8-15-37-26;/h7-16,19-20H,1-6H3;/q-2;+2. The first-order valence-corrected chi connectivity index (χ1v) is 14.6. The summed E-state index contributed by atoms with van der Waals surface area (Å²) < 4.78 is 15.3. The Morgan fingerprint density at radius 3 is 2.31 bits per heavy atom. The number of aromatic nitrogens is 2. The molecule has 3 aromatic carbocycles. The van der Waals surface area contributed by atoms with Crippen molar-refractivity contribution in [3.05, 3.63) is 96.2 Å². The molecule has 4 heterocycles. The number of hydrogen-bond acceptors (Lipinski definition) is 5. The Kier molecular flexibility index (Phi) is 7.03. The summed E-state index contributed by atoms with van der Waals surface area (Å²) >= 11 is 1.79. The van der Waals surface area contributed by atoms with Gasteiger partial charge >= 0.3 is 21.1 Å². The van der Waals surface area contributed by atoms with Crippen LogP contribution in [0.5, 0.6) is 11.6 Å². The van der Waals surface area contributed by atoms with E-state index in [1.54, 1.807) is 17.5 Å². The molecule has 0 saturated heterocycles. The molecule has 0 unspecified atom stereocenters. The number of pyridine rings is 2. The van der Waals surface area contributed by atoms with Crippen LogP contribution in [0.1, 0.15) is 52.7 Å². The molecule has 0 atom stereocenters. The van der Waals surface area contributed by atoms with Crippen LogP contribution in [0.3, 0.4) is 0 Å². The zero-order valence-electron chi connectivity index (χ0n) is 24.4. The Morgan fingerprint density at radius 2 is 1.57 bits per heavy atom. The fourth-order valence-corrected chi connectivity index (χ4v) is 6.42. The number of thiophene rings is 1. The first-order valence-electron chi connectivity index (χ1n) is 13.8. The second-order valence-corrected chi connectivity index (χ2v) is 13.7. The molecular weight excluding hydrogens is 720 g/mol. The quantitative estimate of drug-likeness (QED) is 0.168. The van der Waals surface area contributed by atoms with Gasteiger partial charge in [-0.3, -0.25) is 4.98 Å². The van der Waals surface area contributed by atoms with Crippen molar-refractivity contribution < 1.29 is 30.2 Å². The van der Waals surface area contributed by atoms with E-state index in [-0.39, 0.29) is 31.9 Å². The van der Waals surface area contributed by atoms with Gasteiger partial charge in [0.2, 0.25) is 5.88 Å². The van der Waals surface area contributed by atoms with Crippen LogP contribution in [0, 0.1) is 12.1 Å². The van der Waals surface area contributed by atoms with E-state index < -0.39 is 0 Å². The fourth-order valence-electron chi connectivity index (χ4n) is 5.26. The molecule has 0 aliphatic heterocycles. The number of furan rings is 1. The monoisotopic (exact) mass is 749 g/mol. The van der Waals surface area contributed by atoms with Crippen molar-refractivity contribution in [2.45, 2.75) is 52.4 Å². The van der Waals surface area contributed by atoms with Gasteiger partial charge in [0.1, 0.15) is 5.58 Å². The second-order valence-electron chi connectivity index (χ2n) is 12.6. The number of rotatable bonds is 4. The summed E-state index contributed by atoms with van der Waals surface area (Å²) in [5, 5.41) is 2.34. The van der Waals surface area contributed by atoms with E-state index in [1.807, 2.05) is 36.4 Å². The summed E-state index contributed by atoms with van der Waals surface area (Å²) in [4.78, 5) is 9.46. The van der Waals surface area contributed by atoms with Crippen molar-refractivity contribution in [3.8, 4) is 34.1 Å². The minimum Gasteiger partial charge on any atom is -0.477 e. The minimum absolute atomic E-state index is 0. The molecule has 0 fully saturated rings. The summed E-state index contributed by atoms with van der Waals surface area (Å²) in [5.41, 5.74) is 6.97. The Bertz CT molecular complexity index is 1990. The molecule has 7 aromatic rings. The molecule has 0 N–H and O–H groups in total. The SMILES string of the molecule is CC(C)(C)c1cc(Oc2nc(-c3ccccn3)ccc2C(C)(C)C)[c-]c(-c2[c-]c3oc4cccc5sc(c2)c3c45)c1.[Pt+2]. The van der Waals surface area contributed by atoms with E-state index in [2.05, 4.69) is 89.0 Å². The third-order valence-electron chi connectivity index (χ3n) is 7.47. The maximum Gasteiger partial charge on any atom is 2.00 e. The van der Waals surface area contributed by atoms with Gasteiger partial charge in [0.15, 0.2) is 0 Å². The molecule has 212 valence electrons. The minimum atomic E-state index is -0.172. The van der Waals surface area contributed by atoms with Gasteiger partial charge in [-0.05, 0) is 46.5 Å². The smallest absolute Gasteiger partial charge is 0.477 e. The van der Waals surface area contributed by atoms with Crippen molar-refractivity contribution in [1.82, 2.24) is 9.97 Å². The summed E-state index contributed by atoms with van der Waals surface area (Å²) in [6.07, 6.45) is 1.78. The Labute approximate surface area is 264 Å². The van der Waals surface area contributed by atoms with Gasteiger partial charge in [0, 0.05) is 33.2 Å². The van der Waals surface area contributed by atoms with Gasteiger partial charge in [-0.25, -0.2) is 16.1 Å². The fraction of sp³-hybridized carbons (Fsp3) is 0.222. The van der Waals surface area contributed by atoms with Crippen molar-refractivity contribution in [3.63, 3.8) is 0 Å². The van der Waals surface area contributed by atoms with E-state index in [0.717, 1.165) is 50.2 Å². The molecule has 6 heteroatoms. The van der Waals surface area contributed by atoms with E-state index in [4.69, 9.17) is 14.1 Å². The van der Waals surface area contributed by atoms with Crippen LogP contribution in [-0.4, -0.2) is 9.97 Å². The van der Waals surface area contributed by atoms with Gasteiger partial charge < -0.3 is 9.15 Å². The van der Waals surface area contributed by atoms with Crippen LogP contribution in [0.4, 0.5) is 0 Å². The van der Waals surface area contributed by atoms with Gasteiger partial charge in [-0.1, -0.05) is 70.5 Å². The van der Waals surface area contributed by atoms with E-state index in [9.17, 15) is 0 Å². The molecule has 0 radical (unpaired) electrons. The van der Waals surface area contributed by atoms with Crippen LogP contribution in [0.25, 0.3) is 53.9 Å². The Morgan fingerprint density at radius 1 is 0.762 bits per heavy atom. The molecule has 4 nitrogen and oxygen atoms in total. The van der Waals surface area contributed by atoms with E-state index in [1.165, 1.54) is 14.8 Å². The average molecular weight is 750 g/mol. The molecule has 4 aromatic heterocycles. The van der Waals surface area contributed by atoms with Crippen molar-refractivity contribution in [1.29, 1.82) is 0 Å². The first kappa shape index (κ1) is 28.6. The normalized spacial score (nSPS) is 12.3. The predicted octanol–water partition coefficient (Wildman–Crippen LogP) is 10.3. The van der Waals surface area contributed by atoms with Crippen LogP contribution < -0.4 is 4.74 Å². The Hall–Kier alpha value is -3.53. The predicted molar refractivity (Wildman–Crippen MR) is 168 cm³/mol. The summed E-state index contributed by atoms with van der Waals surface area (Å²) in [7, 11) is 0. The summed E-state index contributed by atoms with van der Waals surface area (Å²) in [5.74, 6) is 1.18. The topological polar surface area (TPSA) is 48.2 Å².